The maximum Gasteiger partial charge on any atom is 0.435 e. The van der Waals surface area contributed by atoms with Gasteiger partial charge in [-0.15, -0.1) is 0 Å². The monoisotopic (exact) mass is 904 g/mol. The number of unbranched alkanes of at least 4 members (excludes halogenated alkanes) is 1. The van der Waals surface area contributed by atoms with Crippen molar-refractivity contribution in [1.82, 2.24) is 19.6 Å². The van der Waals surface area contributed by atoms with Crippen LogP contribution in [0.15, 0.2) is 158 Å². The number of primary amides is 2. The van der Waals surface area contributed by atoms with Crippen molar-refractivity contribution in [3.05, 3.63) is 191 Å². The van der Waals surface area contributed by atoms with Crippen molar-refractivity contribution in [1.29, 1.82) is 0 Å². The van der Waals surface area contributed by atoms with Gasteiger partial charge in [-0.05, 0) is 113 Å². The van der Waals surface area contributed by atoms with E-state index >= 15 is 0 Å². The first kappa shape index (κ1) is 45.6. The summed E-state index contributed by atoms with van der Waals surface area (Å²) in [5.74, 6) is -1.24. The smallest absolute Gasteiger partial charge is 0.366 e. The zero-order valence-corrected chi connectivity index (χ0v) is 35.3. The van der Waals surface area contributed by atoms with Crippen LogP contribution in [0.2, 0.25) is 5.02 Å². The summed E-state index contributed by atoms with van der Waals surface area (Å²) in [6, 6.07) is 43.9. The molecule has 0 atom stereocenters. The summed E-state index contributed by atoms with van der Waals surface area (Å²) in [5.41, 5.74) is 16.6. The van der Waals surface area contributed by atoms with E-state index in [0.29, 0.717) is 33.2 Å². The molecule has 2 heterocycles. The Morgan fingerprint density at radius 2 is 0.831 bits per heavy atom. The fraction of sp³-hybridized carbons (Fsp3) is 0.120. The minimum absolute atomic E-state index is 0.251. The standard InChI is InChI=1S/C27H24F3N3O.C23H15ClF3N3O/c1-2-3-4-18-5-7-19(8-6-18)20-9-11-21(12-10-20)24-17-25(27(28,29)30)32-33(24)23-15-13-22(14-16-23)26(31)34;24-18-9-5-15(6-10-18)14-1-3-16(4-2-14)20-13-21(23(25,26)27)29-30(20)19-11-7-17(8-12-19)22(28)31/h5-17H,2-4H2,1H3,(H2,31,34);1-13H,(H2,28,31). The van der Waals surface area contributed by atoms with Crippen LogP contribution in [0, 0.1) is 0 Å². The molecule has 6 aromatic carbocycles. The van der Waals surface area contributed by atoms with Gasteiger partial charge < -0.3 is 11.5 Å². The molecule has 8 rings (SSSR count). The summed E-state index contributed by atoms with van der Waals surface area (Å²) in [4.78, 5) is 22.6. The molecule has 2 aromatic heterocycles. The molecule has 65 heavy (non-hydrogen) atoms. The van der Waals surface area contributed by atoms with Gasteiger partial charge in [0, 0.05) is 27.3 Å². The summed E-state index contributed by atoms with van der Waals surface area (Å²) < 4.78 is 82.8. The minimum atomic E-state index is -4.60. The molecule has 4 N–H and O–H groups in total. The predicted octanol–water partition coefficient (Wildman–Crippen LogP) is 12.6. The Balaban J connectivity index is 0.000000195. The number of nitrogens with zero attached hydrogens (tertiary/aromatic N) is 4. The molecular weight excluding hydrogens is 866 g/mol. The number of rotatable bonds is 11. The lowest BCUT2D eigenvalue weighted by atomic mass is 10.00. The van der Waals surface area contributed by atoms with Crippen molar-refractivity contribution in [3.8, 4) is 56.1 Å². The van der Waals surface area contributed by atoms with E-state index in [1.807, 2.05) is 36.4 Å². The van der Waals surface area contributed by atoms with Gasteiger partial charge in [0.1, 0.15) is 0 Å². The number of halogens is 7. The maximum atomic E-state index is 13.4. The van der Waals surface area contributed by atoms with Crippen molar-refractivity contribution >= 4 is 23.4 Å². The Kier molecular flexibility index (Phi) is 13.4. The van der Waals surface area contributed by atoms with Crippen LogP contribution < -0.4 is 11.5 Å². The summed E-state index contributed by atoms with van der Waals surface area (Å²) in [5, 5.41) is 8.16. The van der Waals surface area contributed by atoms with Gasteiger partial charge in [0.15, 0.2) is 11.4 Å². The average molecular weight is 905 g/mol. The molecule has 0 aliphatic heterocycles. The van der Waals surface area contributed by atoms with Crippen molar-refractivity contribution in [3.63, 3.8) is 0 Å². The van der Waals surface area contributed by atoms with Gasteiger partial charge in [0.2, 0.25) is 11.8 Å². The number of aryl methyl sites for hydroxylation is 1. The Hall–Kier alpha value is -7.45. The first-order chi connectivity index (χ1) is 31.0. The highest BCUT2D eigenvalue weighted by Gasteiger charge is 2.36. The number of aromatic nitrogens is 4. The lowest BCUT2D eigenvalue weighted by Gasteiger charge is -2.10. The molecule has 8 nitrogen and oxygen atoms in total. The Bertz CT molecular complexity index is 2910. The molecule has 0 saturated carbocycles. The molecule has 0 fully saturated rings. The molecule has 0 unspecified atom stereocenters. The lowest BCUT2D eigenvalue weighted by Crippen LogP contribution is -2.11. The molecule has 330 valence electrons. The van der Waals surface area contributed by atoms with Crippen molar-refractivity contribution in [2.24, 2.45) is 11.5 Å². The predicted molar refractivity (Wildman–Crippen MR) is 240 cm³/mol. The van der Waals surface area contributed by atoms with Crippen LogP contribution in [0.3, 0.4) is 0 Å². The van der Waals surface area contributed by atoms with E-state index in [2.05, 4.69) is 41.4 Å². The van der Waals surface area contributed by atoms with Crippen LogP contribution in [0.25, 0.3) is 56.1 Å². The molecule has 0 radical (unpaired) electrons. The molecule has 0 spiro atoms. The zero-order valence-electron chi connectivity index (χ0n) is 34.5. The van der Waals surface area contributed by atoms with E-state index < -0.39 is 35.6 Å². The van der Waals surface area contributed by atoms with E-state index in [0.717, 1.165) is 53.6 Å². The minimum Gasteiger partial charge on any atom is -0.366 e. The number of hydrogen-bond donors (Lipinski definition) is 2. The summed E-state index contributed by atoms with van der Waals surface area (Å²) in [6.45, 7) is 2.16. The Labute approximate surface area is 374 Å². The third kappa shape index (κ3) is 10.8. The average Bonchev–Trinajstić information content (AvgIpc) is 3.97. The van der Waals surface area contributed by atoms with Crippen molar-refractivity contribution in [2.45, 2.75) is 38.5 Å². The Morgan fingerprint density at radius 3 is 1.15 bits per heavy atom. The van der Waals surface area contributed by atoms with Gasteiger partial charge in [-0.1, -0.05) is 110 Å². The molecule has 0 aliphatic carbocycles. The molecule has 2 amide bonds. The lowest BCUT2D eigenvalue weighted by molar-refractivity contribution is -0.142. The fourth-order valence-corrected chi connectivity index (χ4v) is 7.06. The van der Waals surface area contributed by atoms with E-state index in [1.165, 1.54) is 63.5 Å². The SMILES string of the molecule is CCCCc1ccc(-c2ccc(-c3cc(C(F)(F)F)nn3-c3ccc(C(N)=O)cc3)cc2)cc1.NC(=O)c1ccc(-n2nc(C(F)(F)F)cc2-c2ccc(-c3ccc(Cl)cc3)cc2)cc1. The van der Waals surface area contributed by atoms with E-state index in [1.54, 1.807) is 36.4 Å². The van der Waals surface area contributed by atoms with E-state index in [4.69, 9.17) is 23.1 Å². The maximum absolute atomic E-state index is 13.4. The van der Waals surface area contributed by atoms with Crippen LogP contribution >= 0.6 is 11.6 Å². The quantitative estimate of drug-likeness (QED) is 0.126. The summed E-state index contributed by atoms with van der Waals surface area (Å²) >= 11 is 5.92. The van der Waals surface area contributed by atoms with Crippen LogP contribution in [0.5, 0.6) is 0 Å². The number of hydrogen-bond acceptors (Lipinski definition) is 4. The normalized spacial score (nSPS) is 11.5. The second-order valence-electron chi connectivity index (χ2n) is 14.9. The number of carbonyl (C=O) groups is 2. The fourth-order valence-electron chi connectivity index (χ4n) is 6.93. The molecule has 8 aromatic rings. The van der Waals surface area contributed by atoms with Gasteiger partial charge in [0.05, 0.1) is 22.8 Å². The van der Waals surface area contributed by atoms with Gasteiger partial charge in [-0.25, -0.2) is 9.36 Å². The highest BCUT2D eigenvalue weighted by molar-refractivity contribution is 6.30. The van der Waals surface area contributed by atoms with Gasteiger partial charge in [-0.3, -0.25) is 9.59 Å². The van der Waals surface area contributed by atoms with Crippen LogP contribution in [0.4, 0.5) is 26.3 Å². The van der Waals surface area contributed by atoms with Crippen LogP contribution in [0.1, 0.15) is 57.4 Å². The van der Waals surface area contributed by atoms with Gasteiger partial charge in [0.25, 0.3) is 0 Å². The van der Waals surface area contributed by atoms with Gasteiger partial charge in [-0.2, -0.15) is 36.5 Å². The molecule has 15 heteroatoms. The number of carbonyl (C=O) groups excluding carboxylic acids is 2. The molecular formula is C50H39ClF6N6O2. The number of benzene rings is 6. The number of alkyl halides is 6. The largest absolute Gasteiger partial charge is 0.435 e. The van der Waals surface area contributed by atoms with E-state index in [9.17, 15) is 35.9 Å². The first-order valence-corrected chi connectivity index (χ1v) is 20.6. The number of nitrogens with two attached hydrogens (primary N) is 2. The van der Waals surface area contributed by atoms with E-state index in [-0.39, 0.29) is 16.8 Å². The highest BCUT2D eigenvalue weighted by atomic mass is 35.5. The van der Waals surface area contributed by atoms with Crippen molar-refractivity contribution in [2.75, 3.05) is 0 Å². The third-order valence-electron chi connectivity index (χ3n) is 10.4. The van der Waals surface area contributed by atoms with Crippen LogP contribution in [-0.2, 0) is 18.8 Å². The van der Waals surface area contributed by atoms with Crippen molar-refractivity contribution < 1.29 is 35.9 Å². The molecule has 0 aliphatic rings. The summed E-state index contributed by atoms with van der Waals surface area (Å²) in [7, 11) is 0. The molecule has 0 saturated heterocycles. The first-order valence-electron chi connectivity index (χ1n) is 20.2. The molecule has 0 bridgehead atoms. The zero-order chi connectivity index (χ0) is 46.5. The second kappa shape index (κ2) is 19.1. The third-order valence-corrected chi connectivity index (χ3v) is 10.7. The highest BCUT2D eigenvalue weighted by Crippen LogP contribution is 2.36. The topological polar surface area (TPSA) is 122 Å². The van der Waals surface area contributed by atoms with Gasteiger partial charge >= 0.3 is 12.4 Å². The summed E-state index contributed by atoms with van der Waals surface area (Å²) in [6.07, 6.45) is -5.86. The number of amides is 2. The second-order valence-corrected chi connectivity index (χ2v) is 15.4. The Morgan fingerprint density at radius 1 is 0.508 bits per heavy atom. The van der Waals surface area contributed by atoms with Crippen LogP contribution in [-0.4, -0.2) is 31.4 Å².